The molecule has 0 saturated carbocycles. The van der Waals surface area contributed by atoms with Gasteiger partial charge in [0.05, 0.1) is 5.56 Å². The van der Waals surface area contributed by atoms with Crippen LogP contribution in [-0.2, 0) is 11.3 Å². The first-order valence-electron chi connectivity index (χ1n) is 8.53. The van der Waals surface area contributed by atoms with Crippen molar-refractivity contribution in [2.24, 2.45) is 0 Å². The second-order valence-electron chi connectivity index (χ2n) is 5.89. The number of carbonyl (C=O) groups excluding carboxylic acids is 1. The molecule has 0 aliphatic heterocycles. The van der Waals surface area contributed by atoms with Crippen LogP contribution < -0.4 is 0 Å². The summed E-state index contributed by atoms with van der Waals surface area (Å²) in [5.74, 6) is 0.641. The molecule has 0 atom stereocenters. The molecule has 27 heavy (non-hydrogen) atoms. The third kappa shape index (κ3) is 5.00. The highest BCUT2D eigenvalue weighted by Crippen LogP contribution is 2.23. The summed E-state index contributed by atoms with van der Waals surface area (Å²) in [6, 6.07) is 13.7. The van der Waals surface area contributed by atoms with Gasteiger partial charge in [0.15, 0.2) is 0 Å². The molecular weight excluding hydrogens is 383 g/mol. The zero-order valence-electron chi connectivity index (χ0n) is 14.7. The smallest absolute Gasteiger partial charge is 0.343 e. The number of aryl methyl sites for hydroxylation is 1. The Labute approximate surface area is 168 Å². The van der Waals surface area contributed by atoms with Crippen LogP contribution >= 0.6 is 23.2 Å². The Hall–Kier alpha value is -2.56. The van der Waals surface area contributed by atoms with Gasteiger partial charge in [0.2, 0.25) is 0 Å². The van der Waals surface area contributed by atoms with E-state index in [0.717, 1.165) is 18.5 Å². The fourth-order valence-electron chi connectivity index (χ4n) is 2.54. The number of esters is 1. The maximum Gasteiger partial charge on any atom is 0.343 e. The Balaban J connectivity index is 1.95. The topological polar surface area (TPSA) is 44.1 Å². The average molecular weight is 401 g/mol. The van der Waals surface area contributed by atoms with E-state index in [9.17, 15) is 4.79 Å². The van der Waals surface area contributed by atoms with E-state index >= 15 is 0 Å². The molecule has 4 nitrogen and oxygen atoms in total. The molecule has 0 spiro atoms. The third-order valence-electron chi connectivity index (χ3n) is 3.88. The molecule has 0 aliphatic carbocycles. The maximum absolute atomic E-state index is 12.6. The van der Waals surface area contributed by atoms with Gasteiger partial charge in [-0.15, -0.1) is 0 Å². The largest absolute Gasteiger partial charge is 0.422 e. The highest BCUT2D eigenvalue weighted by Gasteiger charge is 2.14. The minimum atomic E-state index is -0.471. The van der Waals surface area contributed by atoms with Crippen molar-refractivity contribution in [2.45, 2.75) is 19.9 Å². The van der Waals surface area contributed by atoms with Crippen LogP contribution in [0.15, 0.2) is 60.9 Å². The zero-order chi connectivity index (χ0) is 19.2. The van der Waals surface area contributed by atoms with Gasteiger partial charge < -0.3 is 9.30 Å². The maximum atomic E-state index is 12.6. The van der Waals surface area contributed by atoms with Gasteiger partial charge in [-0.05, 0) is 55.0 Å². The lowest BCUT2D eigenvalue weighted by atomic mass is 10.1. The molecule has 0 aliphatic rings. The highest BCUT2D eigenvalue weighted by atomic mass is 35.5. The molecule has 6 heteroatoms. The fraction of sp³-hybridized carbons (Fsp3) is 0.143. The van der Waals surface area contributed by atoms with Gasteiger partial charge in [0.1, 0.15) is 11.6 Å². The molecule has 0 amide bonds. The van der Waals surface area contributed by atoms with Crippen LogP contribution in [0.25, 0.3) is 11.8 Å². The summed E-state index contributed by atoms with van der Waals surface area (Å²) in [5, 5.41) is 1.16. The number of carbonyl (C=O) groups is 1. The molecule has 0 saturated heterocycles. The summed E-state index contributed by atoms with van der Waals surface area (Å²) in [7, 11) is 0. The van der Waals surface area contributed by atoms with Crippen LogP contribution in [0, 0.1) is 0 Å². The van der Waals surface area contributed by atoms with Crippen LogP contribution in [-0.4, -0.2) is 15.5 Å². The van der Waals surface area contributed by atoms with E-state index in [4.69, 9.17) is 27.9 Å². The van der Waals surface area contributed by atoms with Crippen LogP contribution in [0.3, 0.4) is 0 Å². The van der Waals surface area contributed by atoms with E-state index in [1.54, 1.807) is 60.8 Å². The van der Waals surface area contributed by atoms with Crippen LogP contribution in [0.5, 0.6) is 0 Å². The standard InChI is InChI=1S/C21H18Cl2N2O2/c1-2-12-25-13-11-24-20(25)14-19(15-3-7-17(22)8-4-15)27-21(26)16-5-9-18(23)10-6-16/h3-11,13-14H,2,12H2,1H3/b19-14-. The number of hydrogen-bond acceptors (Lipinski definition) is 3. The lowest BCUT2D eigenvalue weighted by Gasteiger charge is -2.11. The Kier molecular flexibility index (Phi) is 6.32. The monoisotopic (exact) mass is 400 g/mol. The van der Waals surface area contributed by atoms with E-state index in [1.165, 1.54) is 0 Å². The molecular formula is C21H18Cl2N2O2. The Morgan fingerprint density at radius 2 is 1.63 bits per heavy atom. The molecule has 2 aromatic carbocycles. The van der Waals surface area contributed by atoms with Crippen molar-refractivity contribution in [3.63, 3.8) is 0 Å². The zero-order valence-corrected chi connectivity index (χ0v) is 16.2. The number of aromatic nitrogens is 2. The van der Waals surface area contributed by atoms with Gasteiger partial charge in [0, 0.05) is 40.6 Å². The van der Waals surface area contributed by atoms with Crippen LogP contribution in [0.2, 0.25) is 10.0 Å². The Morgan fingerprint density at radius 3 is 2.22 bits per heavy atom. The molecule has 0 fully saturated rings. The summed E-state index contributed by atoms with van der Waals surface area (Å²) in [5.41, 5.74) is 1.14. The summed E-state index contributed by atoms with van der Waals surface area (Å²) in [6.07, 6.45) is 6.35. The van der Waals surface area contributed by atoms with Gasteiger partial charge in [-0.2, -0.15) is 0 Å². The van der Waals surface area contributed by atoms with E-state index in [0.29, 0.717) is 27.2 Å². The minimum Gasteiger partial charge on any atom is -0.422 e. The molecule has 138 valence electrons. The molecule has 1 heterocycles. The molecule has 0 unspecified atom stereocenters. The van der Waals surface area contributed by atoms with Crippen molar-refractivity contribution in [2.75, 3.05) is 0 Å². The van der Waals surface area contributed by atoms with Crippen molar-refractivity contribution in [1.82, 2.24) is 9.55 Å². The van der Waals surface area contributed by atoms with Crippen LogP contribution in [0.4, 0.5) is 0 Å². The number of nitrogens with zero attached hydrogens (tertiary/aromatic N) is 2. The molecule has 3 rings (SSSR count). The number of halogens is 2. The number of ether oxygens (including phenoxy) is 1. The quantitative estimate of drug-likeness (QED) is 0.378. The second-order valence-corrected chi connectivity index (χ2v) is 6.76. The Morgan fingerprint density at radius 1 is 1.04 bits per heavy atom. The fourth-order valence-corrected chi connectivity index (χ4v) is 2.79. The first-order valence-corrected chi connectivity index (χ1v) is 9.29. The average Bonchev–Trinajstić information content (AvgIpc) is 3.09. The highest BCUT2D eigenvalue weighted by molar-refractivity contribution is 6.31. The number of rotatable bonds is 6. The molecule has 0 bridgehead atoms. The van der Waals surface area contributed by atoms with Gasteiger partial charge in [-0.3, -0.25) is 0 Å². The van der Waals surface area contributed by atoms with Gasteiger partial charge in [-0.1, -0.05) is 30.1 Å². The lowest BCUT2D eigenvalue weighted by molar-refractivity contribution is 0.0693. The lowest BCUT2D eigenvalue weighted by Crippen LogP contribution is -2.06. The predicted octanol–water partition coefficient (Wildman–Crippen LogP) is 5.96. The van der Waals surface area contributed by atoms with Crippen molar-refractivity contribution in [3.8, 4) is 0 Å². The van der Waals surface area contributed by atoms with Crippen molar-refractivity contribution >= 4 is 41.0 Å². The van der Waals surface area contributed by atoms with Crippen molar-refractivity contribution in [3.05, 3.63) is 87.9 Å². The van der Waals surface area contributed by atoms with Gasteiger partial charge in [-0.25, -0.2) is 9.78 Å². The van der Waals surface area contributed by atoms with Gasteiger partial charge in [0.25, 0.3) is 0 Å². The van der Waals surface area contributed by atoms with E-state index in [2.05, 4.69) is 11.9 Å². The summed E-state index contributed by atoms with van der Waals surface area (Å²) in [4.78, 5) is 16.9. The third-order valence-corrected chi connectivity index (χ3v) is 4.39. The molecule has 0 radical (unpaired) electrons. The van der Waals surface area contributed by atoms with E-state index < -0.39 is 5.97 Å². The second kappa shape index (κ2) is 8.89. The van der Waals surface area contributed by atoms with Crippen LogP contribution in [0.1, 0.15) is 35.1 Å². The summed E-state index contributed by atoms with van der Waals surface area (Å²) in [6.45, 7) is 2.92. The minimum absolute atomic E-state index is 0.398. The van der Waals surface area contributed by atoms with E-state index in [-0.39, 0.29) is 0 Å². The predicted molar refractivity (Wildman–Crippen MR) is 109 cm³/mol. The van der Waals surface area contributed by atoms with E-state index in [1.807, 2.05) is 10.8 Å². The first kappa shape index (κ1) is 19.2. The summed E-state index contributed by atoms with van der Waals surface area (Å²) < 4.78 is 7.70. The normalized spacial score (nSPS) is 11.4. The molecule has 1 aromatic heterocycles. The van der Waals surface area contributed by atoms with Crippen molar-refractivity contribution < 1.29 is 9.53 Å². The number of hydrogen-bond donors (Lipinski definition) is 0. The SMILES string of the molecule is CCCn1ccnc1/C=C(\OC(=O)c1ccc(Cl)cc1)c1ccc(Cl)cc1. The number of imidazole rings is 1. The molecule has 0 N–H and O–H groups in total. The Bertz CT molecular complexity index is 945. The van der Waals surface area contributed by atoms with Gasteiger partial charge >= 0.3 is 5.97 Å². The number of benzene rings is 2. The summed E-state index contributed by atoms with van der Waals surface area (Å²) >= 11 is 11.9. The molecule has 3 aromatic rings. The first-order chi connectivity index (χ1) is 13.1. The van der Waals surface area contributed by atoms with Crippen molar-refractivity contribution in [1.29, 1.82) is 0 Å².